The van der Waals surface area contributed by atoms with Crippen molar-refractivity contribution in [2.75, 3.05) is 41.0 Å². The minimum absolute atomic E-state index is 0.0773. The van der Waals surface area contributed by atoms with Gasteiger partial charge in [-0.15, -0.1) is 0 Å². The van der Waals surface area contributed by atoms with Gasteiger partial charge in [-0.25, -0.2) is 0 Å². The van der Waals surface area contributed by atoms with Crippen LogP contribution in [0.3, 0.4) is 0 Å². The third-order valence-corrected chi connectivity index (χ3v) is 3.86. The number of nitrogens with two attached hydrogens (primary N) is 1. The summed E-state index contributed by atoms with van der Waals surface area (Å²) in [5.41, 5.74) is 7.33. The SMILES string of the molecule is COc1ccc(C(N)CN2CCC(OC)C2)c(OC)c1. The molecule has 1 aromatic carbocycles. The first-order valence-corrected chi connectivity index (χ1v) is 6.90. The summed E-state index contributed by atoms with van der Waals surface area (Å²) in [6, 6.07) is 5.69. The Morgan fingerprint density at radius 2 is 2.10 bits per heavy atom. The third kappa shape index (κ3) is 3.42. The average Bonchev–Trinajstić information content (AvgIpc) is 2.94. The molecule has 0 spiro atoms. The zero-order chi connectivity index (χ0) is 14.5. The number of likely N-dealkylation sites (tertiary alicyclic amines) is 1. The molecule has 1 aliphatic rings. The fraction of sp³-hybridized carbons (Fsp3) is 0.600. The number of ether oxygens (including phenoxy) is 3. The van der Waals surface area contributed by atoms with Crippen molar-refractivity contribution in [3.05, 3.63) is 23.8 Å². The van der Waals surface area contributed by atoms with Gasteiger partial charge in [0.15, 0.2) is 0 Å². The van der Waals surface area contributed by atoms with E-state index < -0.39 is 0 Å². The highest BCUT2D eigenvalue weighted by molar-refractivity contribution is 5.42. The molecule has 0 bridgehead atoms. The van der Waals surface area contributed by atoms with Gasteiger partial charge in [0.25, 0.3) is 0 Å². The lowest BCUT2D eigenvalue weighted by molar-refractivity contribution is 0.107. The topological polar surface area (TPSA) is 57.0 Å². The summed E-state index contributed by atoms with van der Waals surface area (Å²) >= 11 is 0. The normalized spacial score (nSPS) is 20.9. The Kier molecular flexibility index (Phi) is 5.23. The summed E-state index contributed by atoms with van der Waals surface area (Å²) in [4.78, 5) is 2.34. The molecule has 2 N–H and O–H groups in total. The summed E-state index contributed by atoms with van der Waals surface area (Å²) in [5.74, 6) is 1.55. The minimum Gasteiger partial charge on any atom is -0.497 e. The van der Waals surface area contributed by atoms with Gasteiger partial charge in [0.2, 0.25) is 0 Å². The maximum Gasteiger partial charge on any atom is 0.127 e. The van der Waals surface area contributed by atoms with Crippen LogP contribution in [0.2, 0.25) is 0 Å². The first-order chi connectivity index (χ1) is 9.67. The number of hydrogen-bond donors (Lipinski definition) is 1. The van der Waals surface area contributed by atoms with E-state index in [4.69, 9.17) is 19.9 Å². The van der Waals surface area contributed by atoms with Crippen molar-refractivity contribution in [1.29, 1.82) is 0 Å². The van der Waals surface area contributed by atoms with Crippen LogP contribution in [0.4, 0.5) is 0 Å². The van der Waals surface area contributed by atoms with Gasteiger partial charge in [-0.2, -0.15) is 0 Å². The first kappa shape index (κ1) is 15.1. The maximum absolute atomic E-state index is 6.33. The van der Waals surface area contributed by atoms with Crippen LogP contribution in [0.5, 0.6) is 11.5 Å². The van der Waals surface area contributed by atoms with E-state index in [0.29, 0.717) is 6.10 Å². The monoisotopic (exact) mass is 280 g/mol. The Balaban J connectivity index is 2.03. The predicted octanol–water partition coefficient (Wildman–Crippen LogP) is 1.42. The molecule has 0 amide bonds. The molecule has 1 saturated heterocycles. The molecule has 1 heterocycles. The third-order valence-electron chi connectivity index (χ3n) is 3.86. The number of benzene rings is 1. The summed E-state index contributed by atoms with van der Waals surface area (Å²) in [6.45, 7) is 2.79. The van der Waals surface area contributed by atoms with Crippen molar-refractivity contribution in [3.8, 4) is 11.5 Å². The van der Waals surface area contributed by atoms with E-state index in [0.717, 1.165) is 43.1 Å². The largest absolute Gasteiger partial charge is 0.497 e. The van der Waals surface area contributed by atoms with E-state index in [1.165, 1.54) is 0 Å². The molecule has 5 nitrogen and oxygen atoms in total. The maximum atomic E-state index is 6.33. The van der Waals surface area contributed by atoms with Crippen LogP contribution in [0.1, 0.15) is 18.0 Å². The quantitative estimate of drug-likeness (QED) is 0.854. The first-order valence-electron chi connectivity index (χ1n) is 6.90. The Labute approximate surface area is 120 Å². The second-order valence-corrected chi connectivity index (χ2v) is 5.12. The highest BCUT2D eigenvalue weighted by Gasteiger charge is 2.24. The summed E-state index contributed by atoms with van der Waals surface area (Å²) in [5, 5.41) is 0. The zero-order valence-corrected chi connectivity index (χ0v) is 12.5. The molecule has 0 aliphatic carbocycles. The molecule has 0 radical (unpaired) electrons. The van der Waals surface area contributed by atoms with E-state index in [-0.39, 0.29) is 6.04 Å². The van der Waals surface area contributed by atoms with Crippen molar-refractivity contribution in [1.82, 2.24) is 4.90 Å². The molecule has 2 unspecified atom stereocenters. The molecule has 0 aromatic heterocycles. The molecule has 2 atom stereocenters. The summed E-state index contributed by atoms with van der Waals surface area (Å²) in [7, 11) is 5.06. The fourth-order valence-electron chi connectivity index (χ4n) is 2.66. The predicted molar refractivity (Wildman–Crippen MR) is 78.3 cm³/mol. The van der Waals surface area contributed by atoms with Crippen molar-refractivity contribution in [2.45, 2.75) is 18.6 Å². The van der Waals surface area contributed by atoms with E-state index in [1.807, 2.05) is 18.2 Å². The van der Waals surface area contributed by atoms with E-state index in [1.54, 1.807) is 21.3 Å². The number of nitrogens with zero attached hydrogens (tertiary/aromatic N) is 1. The second kappa shape index (κ2) is 6.92. The Bertz CT molecular complexity index is 439. The van der Waals surface area contributed by atoms with Crippen molar-refractivity contribution < 1.29 is 14.2 Å². The molecular formula is C15H24N2O3. The zero-order valence-electron chi connectivity index (χ0n) is 12.5. The van der Waals surface area contributed by atoms with Crippen LogP contribution < -0.4 is 15.2 Å². The van der Waals surface area contributed by atoms with E-state index in [2.05, 4.69) is 4.90 Å². The Hall–Kier alpha value is -1.30. The number of methoxy groups -OCH3 is 3. The van der Waals surface area contributed by atoms with Crippen LogP contribution in [0, 0.1) is 0 Å². The van der Waals surface area contributed by atoms with Crippen molar-refractivity contribution >= 4 is 0 Å². The minimum atomic E-state index is -0.0773. The van der Waals surface area contributed by atoms with Crippen LogP contribution in [-0.4, -0.2) is 52.0 Å². The molecule has 2 rings (SSSR count). The van der Waals surface area contributed by atoms with E-state index >= 15 is 0 Å². The van der Waals surface area contributed by atoms with Crippen molar-refractivity contribution in [2.24, 2.45) is 5.73 Å². The fourth-order valence-corrected chi connectivity index (χ4v) is 2.66. The molecule has 112 valence electrons. The summed E-state index contributed by atoms with van der Waals surface area (Å²) in [6.07, 6.45) is 1.41. The van der Waals surface area contributed by atoms with Crippen molar-refractivity contribution in [3.63, 3.8) is 0 Å². The molecule has 5 heteroatoms. The van der Waals surface area contributed by atoms with Gasteiger partial charge in [-0.1, -0.05) is 6.07 Å². The van der Waals surface area contributed by atoms with Crippen LogP contribution in [0.15, 0.2) is 18.2 Å². The van der Waals surface area contributed by atoms with Crippen LogP contribution >= 0.6 is 0 Å². The molecule has 20 heavy (non-hydrogen) atoms. The Morgan fingerprint density at radius 1 is 1.30 bits per heavy atom. The van der Waals surface area contributed by atoms with Gasteiger partial charge in [-0.05, 0) is 12.5 Å². The van der Waals surface area contributed by atoms with Crippen LogP contribution in [0.25, 0.3) is 0 Å². The molecule has 0 saturated carbocycles. The highest BCUT2D eigenvalue weighted by atomic mass is 16.5. The number of rotatable bonds is 6. The highest BCUT2D eigenvalue weighted by Crippen LogP contribution is 2.29. The molecule has 1 fully saturated rings. The lowest BCUT2D eigenvalue weighted by Crippen LogP contribution is -2.31. The smallest absolute Gasteiger partial charge is 0.127 e. The van der Waals surface area contributed by atoms with Gasteiger partial charge in [0.05, 0.1) is 20.3 Å². The van der Waals surface area contributed by atoms with E-state index in [9.17, 15) is 0 Å². The Morgan fingerprint density at radius 3 is 2.70 bits per heavy atom. The molecule has 1 aliphatic heterocycles. The number of hydrogen-bond acceptors (Lipinski definition) is 5. The second-order valence-electron chi connectivity index (χ2n) is 5.12. The average molecular weight is 280 g/mol. The standard InChI is InChI=1S/C15H24N2O3/c1-18-11-4-5-13(15(8-11)20-3)14(16)10-17-7-6-12(9-17)19-2/h4-5,8,12,14H,6-7,9-10,16H2,1-3H3. The summed E-state index contributed by atoms with van der Waals surface area (Å²) < 4.78 is 16.0. The van der Waals surface area contributed by atoms with Gasteiger partial charge in [0.1, 0.15) is 11.5 Å². The van der Waals surface area contributed by atoms with Gasteiger partial charge >= 0.3 is 0 Å². The molecular weight excluding hydrogens is 256 g/mol. The van der Waals surface area contributed by atoms with Gasteiger partial charge in [-0.3, -0.25) is 4.90 Å². The lowest BCUT2D eigenvalue weighted by atomic mass is 10.1. The molecule has 1 aromatic rings. The van der Waals surface area contributed by atoms with Gasteiger partial charge < -0.3 is 19.9 Å². The lowest BCUT2D eigenvalue weighted by Gasteiger charge is -2.22. The van der Waals surface area contributed by atoms with Crippen LogP contribution in [-0.2, 0) is 4.74 Å². The van der Waals surface area contributed by atoms with Gasteiger partial charge in [0, 0.05) is 44.4 Å².